The molecule has 0 spiro atoms. The van der Waals surface area contributed by atoms with Crippen LogP contribution in [0.4, 0.5) is 10.2 Å². The van der Waals surface area contributed by atoms with E-state index in [4.69, 9.17) is 0 Å². The van der Waals surface area contributed by atoms with Crippen molar-refractivity contribution in [1.29, 1.82) is 0 Å². The third-order valence-electron chi connectivity index (χ3n) is 7.70. The lowest BCUT2D eigenvalue weighted by atomic mass is 9.97. The summed E-state index contributed by atoms with van der Waals surface area (Å²) in [5.41, 5.74) is 3.65. The summed E-state index contributed by atoms with van der Waals surface area (Å²) in [7, 11) is 4.10. The van der Waals surface area contributed by atoms with E-state index in [1.165, 1.54) is 18.2 Å². The number of thioether (sulfide) groups is 1. The van der Waals surface area contributed by atoms with Crippen LogP contribution in [-0.2, 0) is 11.3 Å². The van der Waals surface area contributed by atoms with Crippen molar-refractivity contribution in [3.8, 4) is 11.1 Å². The van der Waals surface area contributed by atoms with Gasteiger partial charge in [-0.3, -0.25) is 9.36 Å². The van der Waals surface area contributed by atoms with Gasteiger partial charge in [0.25, 0.3) is 0 Å². The second kappa shape index (κ2) is 10.8. The minimum absolute atomic E-state index is 0.0629. The highest BCUT2D eigenvalue weighted by Gasteiger charge is 2.34. The van der Waals surface area contributed by atoms with Crippen molar-refractivity contribution in [2.45, 2.75) is 44.3 Å². The number of piperazine rings is 1. The normalized spacial score (nSPS) is 21.4. The summed E-state index contributed by atoms with van der Waals surface area (Å²) >= 11 is 1.77. The number of aryl methyl sites for hydroxylation is 1. The third kappa shape index (κ3) is 5.10. The highest BCUT2D eigenvalue weighted by Crippen LogP contribution is 2.44. The van der Waals surface area contributed by atoms with Crippen LogP contribution < -0.4 is 10.6 Å². The zero-order valence-corrected chi connectivity index (χ0v) is 24.1. The Morgan fingerprint density at radius 1 is 1.18 bits per heavy atom. The van der Waals surface area contributed by atoms with Gasteiger partial charge in [-0.1, -0.05) is 18.7 Å². The number of benzene rings is 2. The molecule has 9 heteroatoms. The molecule has 1 amide bonds. The fourth-order valence-corrected chi connectivity index (χ4v) is 7.62. The van der Waals surface area contributed by atoms with E-state index in [0.717, 1.165) is 44.8 Å². The number of amides is 1. The Morgan fingerprint density at radius 3 is 2.46 bits per heavy atom. The van der Waals surface area contributed by atoms with Crippen LogP contribution in [0.2, 0.25) is 0 Å². The Balaban J connectivity index is 1.71. The van der Waals surface area contributed by atoms with Crippen LogP contribution in [-0.4, -0.2) is 76.8 Å². The molecule has 3 atom stereocenters. The van der Waals surface area contributed by atoms with Crippen molar-refractivity contribution in [2.24, 2.45) is 5.92 Å². The number of carbonyl (C=O) groups excluding carboxylic acids is 1. The Labute approximate surface area is 233 Å². The van der Waals surface area contributed by atoms with Crippen molar-refractivity contribution >= 4 is 34.4 Å². The molecule has 0 N–H and O–H groups in total. The Kier molecular flexibility index (Phi) is 7.57. The quantitative estimate of drug-likeness (QED) is 0.440. The third-order valence-corrected chi connectivity index (χ3v) is 9.03. The van der Waals surface area contributed by atoms with Crippen molar-refractivity contribution in [3.63, 3.8) is 0 Å². The molecule has 2 aliphatic heterocycles. The van der Waals surface area contributed by atoms with Gasteiger partial charge in [0, 0.05) is 59.9 Å². The monoisotopic (exact) mass is 549 g/mol. The minimum Gasteiger partial charge on any atom is -0.352 e. The number of aromatic nitrogens is 2. The molecule has 206 valence electrons. The highest BCUT2D eigenvalue weighted by molar-refractivity contribution is 7.99. The summed E-state index contributed by atoms with van der Waals surface area (Å²) in [5.74, 6) is 1.43. The number of carbonyl (C=O) groups is 1. The molecule has 3 heterocycles. The molecule has 3 aromatic rings. The average Bonchev–Trinajstić information content (AvgIpc) is 3.06. The smallest absolute Gasteiger partial charge is 0.350 e. The van der Waals surface area contributed by atoms with Crippen LogP contribution in [0.15, 0.2) is 52.7 Å². The van der Waals surface area contributed by atoms with Gasteiger partial charge < -0.3 is 14.7 Å². The van der Waals surface area contributed by atoms with Gasteiger partial charge in [-0.2, -0.15) is 4.98 Å². The van der Waals surface area contributed by atoms with E-state index in [-0.39, 0.29) is 35.4 Å². The lowest BCUT2D eigenvalue weighted by Gasteiger charge is -2.44. The maximum Gasteiger partial charge on any atom is 0.350 e. The zero-order chi connectivity index (χ0) is 28.0. The molecule has 1 aromatic heterocycles. The number of nitrogens with zero attached hydrogens (tertiary/aromatic N) is 5. The molecule has 2 aliphatic rings. The van der Waals surface area contributed by atoms with Crippen LogP contribution in [0, 0.1) is 18.7 Å². The van der Waals surface area contributed by atoms with E-state index in [1.807, 2.05) is 35.4 Å². The predicted octanol–water partition coefficient (Wildman–Crippen LogP) is 4.41. The molecule has 0 radical (unpaired) electrons. The second-order valence-electron chi connectivity index (χ2n) is 11.1. The molecule has 39 heavy (non-hydrogen) atoms. The van der Waals surface area contributed by atoms with Gasteiger partial charge in [0.2, 0.25) is 5.91 Å². The van der Waals surface area contributed by atoms with Crippen LogP contribution in [0.25, 0.3) is 22.0 Å². The van der Waals surface area contributed by atoms with Crippen molar-refractivity contribution < 1.29 is 9.18 Å². The zero-order valence-electron chi connectivity index (χ0n) is 23.3. The van der Waals surface area contributed by atoms with E-state index in [9.17, 15) is 14.0 Å². The summed E-state index contributed by atoms with van der Waals surface area (Å²) in [6.07, 6.45) is 1.36. The first kappa shape index (κ1) is 27.4. The summed E-state index contributed by atoms with van der Waals surface area (Å²) in [6.45, 7) is 12.4. The van der Waals surface area contributed by atoms with Gasteiger partial charge in [-0.05, 0) is 76.2 Å². The molecule has 0 saturated carbocycles. The average molecular weight is 550 g/mol. The maximum absolute atomic E-state index is 13.8. The molecule has 0 unspecified atom stereocenters. The van der Waals surface area contributed by atoms with E-state index < -0.39 is 0 Å². The summed E-state index contributed by atoms with van der Waals surface area (Å²) < 4.78 is 15.7. The summed E-state index contributed by atoms with van der Waals surface area (Å²) in [6, 6.07) is 8.59. The molecule has 2 aromatic carbocycles. The fourth-order valence-electron chi connectivity index (χ4n) is 6.22. The van der Waals surface area contributed by atoms with Gasteiger partial charge in [0.1, 0.15) is 11.6 Å². The predicted molar refractivity (Wildman–Crippen MR) is 157 cm³/mol. The molecular weight excluding hydrogens is 513 g/mol. The molecule has 0 aliphatic carbocycles. The Morgan fingerprint density at radius 2 is 1.85 bits per heavy atom. The van der Waals surface area contributed by atoms with Crippen LogP contribution in [0.5, 0.6) is 0 Å². The van der Waals surface area contributed by atoms with E-state index in [1.54, 1.807) is 11.8 Å². The number of hydrogen-bond acceptors (Lipinski definition) is 6. The summed E-state index contributed by atoms with van der Waals surface area (Å²) in [5, 5.41) is 0.939. The first-order valence-electron chi connectivity index (χ1n) is 13.4. The van der Waals surface area contributed by atoms with E-state index in [2.05, 4.69) is 48.4 Å². The van der Waals surface area contributed by atoms with Gasteiger partial charge in [0.05, 0.1) is 5.52 Å². The second-order valence-corrected chi connectivity index (χ2v) is 12.2. The Bertz CT molecular complexity index is 1470. The lowest BCUT2D eigenvalue weighted by molar-refractivity contribution is -0.130. The van der Waals surface area contributed by atoms with Gasteiger partial charge in [-0.15, -0.1) is 11.8 Å². The number of hydrogen-bond donors (Lipinski definition) is 0. The van der Waals surface area contributed by atoms with Crippen LogP contribution >= 0.6 is 11.8 Å². The lowest BCUT2D eigenvalue weighted by Crippen LogP contribution is -2.58. The molecule has 1 saturated heterocycles. The number of rotatable bonds is 5. The Hall–Kier alpha value is -3.17. The number of halogens is 1. The topological polar surface area (TPSA) is 61.7 Å². The molecule has 0 bridgehead atoms. The first-order valence-corrected chi connectivity index (χ1v) is 14.4. The maximum atomic E-state index is 13.8. The molecule has 5 rings (SSSR count). The van der Waals surface area contributed by atoms with E-state index in [0.29, 0.717) is 25.5 Å². The first-order chi connectivity index (χ1) is 18.6. The SMILES string of the molecule is C=CC(=O)N1[C@H](C)CN(c2nc(=O)n3c4c(c(-c5ccc(F)cc5)c(C)cc24)SC[C@@H](CN(C)C)C3)C[C@@H]1C. The van der Waals surface area contributed by atoms with Gasteiger partial charge in [-0.25, -0.2) is 9.18 Å². The molecule has 1 fully saturated rings. The fraction of sp³-hybridized carbons (Fsp3) is 0.433. The van der Waals surface area contributed by atoms with Crippen LogP contribution in [0.3, 0.4) is 0 Å². The largest absolute Gasteiger partial charge is 0.352 e. The molecule has 7 nitrogen and oxygen atoms in total. The van der Waals surface area contributed by atoms with Gasteiger partial charge in [0.15, 0.2) is 0 Å². The summed E-state index contributed by atoms with van der Waals surface area (Å²) in [4.78, 5) is 38.1. The van der Waals surface area contributed by atoms with Gasteiger partial charge >= 0.3 is 5.69 Å². The molecular formula is C30H36FN5O2S. The highest BCUT2D eigenvalue weighted by atomic mass is 32.2. The minimum atomic E-state index is -0.275. The number of anilines is 1. The van der Waals surface area contributed by atoms with Crippen molar-refractivity contribution in [3.05, 3.63) is 64.9 Å². The van der Waals surface area contributed by atoms with Crippen molar-refractivity contribution in [2.75, 3.05) is 44.4 Å². The van der Waals surface area contributed by atoms with Crippen molar-refractivity contribution in [1.82, 2.24) is 19.4 Å². The van der Waals surface area contributed by atoms with Crippen LogP contribution in [0.1, 0.15) is 19.4 Å². The van der Waals surface area contributed by atoms with E-state index >= 15 is 0 Å². The standard InChI is InChI=1S/C30H36FN5O2S/c1-7-25(37)36-19(3)13-34(14-20(36)4)29-24-12-18(2)26(22-8-10-23(31)11-9-22)28-27(24)35(30(38)32-29)16-21(17-39-28)15-33(5)6/h7-12,19-21H,1,13-17H2,2-6H3/t19-,20+,21-/m0/s1.